The zero-order chi connectivity index (χ0) is 24.4. The van der Waals surface area contributed by atoms with Crippen molar-refractivity contribution in [3.8, 4) is 0 Å². The molecule has 2 atom stereocenters. The van der Waals surface area contributed by atoms with E-state index in [4.69, 9.17) is 16.3 Å². The van der Waals surface area contributed by atoms with Gasteiger partial charge in [0.2, 0.25) is 5.91 Å². The molecule has 0 saturated carbocycles. The number of nitrogens with zero attached hydrogens (tertiary/aromatic N) is 3. The van der Waals surface area contributed by atoms with Gasteiger partial charge in [0.25, 0.3) is 5.91 Å². The molecule has 0 aliphatic carbocycles. The van der Waals surface area contributed by atoms with Gasteiger partial charge in [0.1, 0.15) is 0 Å². The lowest BCUT2D eigenvalue weighted by Crippen LogP contribution is -2.55. The second-order valence-electron chi connectivity index (χ2n) is 9.43. The number of likely N-dealkylation sites (tertiary alicyclic amines) is 1. The molecule has 3 aliphatic rings. The van der Waals surface area contributed by atoms with Crippen LogP contribution in [0, 0.1) is 5.92 Å². The maximum atomic E-state index is 13.9. The number of piperidine rings is 1. The maximum absolute atomic E-state index is 13.9. The zero-order valence-electron chi connectivity index (χ0n) is 19.5. The number of nitrogens with one attached hydrogen (secondary N) is 1. The number of halogens is 1. The molecule has 0 bridgehead atoms. The van der Waals surface area contributed by atoms with Crippen molar-refractivity contribution in [1.82, 2.24) is 20.1 Å². The van der Waals surface area contributed by atoms with E-state index in [1.54, 1.807) is 24.4 Å². The number of imide groups is 1. The van der Waals surface area contributed by atoms with Crippen molar-refractivity contribution in [2.75, 3.05) is 26.2 Å². The molecule has 4 amide bonds. The van der Waals surface area contributed by atoms with E-state index >= 15 is 0 Å². The van der Waals surface area contributed by atoms with Gasteiger partial charge in [-0.2, -0.15) is 0 Å². The number of hydrogen-bond donors (Lipinski definition) is 1. The van der Waals surface area contributed by atoms with Gasteiger partial charge in [-0.3, -0.25) is 19.5 Å². The fourth-order valence-corrected chi connectivity index (χ4v) is 5.69. The minimum absolute atomic E-state index is 0.00484. The van der Waals surface area contributed by atoms with Crippen molar-refractivity contribution in [1.29, 1.82) is 0 Å². The molecule has 3 fully saturated rings. The summed E-state index contributed by atoms with van der Waals surface area (Å²) in [5, 5.41) is 3.60. The summed E-state index contributed by atoms with van der Waals surface area (Å²) in [7, 11) is 0. The topological polar surface area (TPSA) is 91.8 Å². The smallest absolute Gasteiger partial charge is 0.325 e. The Morgan fingerprint density at radius 1 is 1.11 bits per heavy atom. The van der Waals surface area contributed by atoms with Crippen LogP contribution >= 0.6 is 11.6 Å². The van der Waals surface area contributed by atoms with Gasteiger partial charge in [-0.05, 0) is 49.4 Å². The monoisotopic (exact) mass is 496 g/mol. The number of ether oxygens (including phenoxy) is 1. The van der Waals surface area contributed by atoms with Crippen molar-refractivity contribution >= 4 is 29.4 Å². The number of pyridine rings is 1. The molecule has 184 valence electrons. The molecule has 0 spiro atoms. The molecule has 3 aliphatic heterocycles. The van der Waals surface area contributed by atoms with Gasteiger partial charge < -0.3 is 15.0 Å². The van der Waals surface area contributed by atoms with Crippen LogP contribution in [0.3, 0.4) is 0 Å². The molecule has 8 nitrogen and oxygen atoms in total. The standard InChI is InChI=1S/C26H29ClN4O4/c27-21-8-2-1-6-18(21)16-23(32)30-13-10-19(11-14-30)26(22-9-3-4-12-28-22)24(33)31(25(34)29-26)17-20-7-5-15-35-20/h1-4,6,8-9,12,19-20H,5,7,10-11,13-17H2,(H,29,34)/t20-,26+/m1/s1. The van der Waals surface area contributed by atoms with Gasteiger partial charge in [0.15, 0.2) is 5.54 Å². The molecule has 4 heterocycles. The lowest BCUT2D eigenvalue weighted by molar-refractivity contribution is -0.137. The summed E-state index contributed by atoms with van der Waals surface area (Å²) < 4.78 is 5.69. The third kappa shape index (κ3) is 4.52. The largest absolute Gasteiger partial charge is 0.376 e. The first-order valence-electron chi connectivity index (χ1n) is 12.2. The van der Waals surface area contributed by atoms with Crippen LogP contribution in [0.15, 0.2) is 48.7 Å². The average molecular weight is 497 g/mol. The Balaban J connectivity index is 1.34. The summed E-state index contributed by atoms with van der Waals surface area (Å²) in [6.45, 7) is 1.89. The fraction of sp³-hybridized carbons (Fsp3) is 0.462. The van der Waals surface area contributed by atoms with Crippen LogP contribution in [-0.4, -0.2) is 65.0 Å². The van der Waals surface area contributed by atoms with Crippen LogP contribution in [-0.2, 0) is 26.3 Å². The number of urea groups is 1. The summed E-state index contributed by atoms with van der Waals surface area (Å²) >= 11 is 6.24. The Labute approximate surface area is 209 Å². The molecule has 1 aromatic carbocycles. The van der Waals surface area contributed by atoms with Gasteiger partial charge in [0, 0.05) is 36.8 Å². The number of hydrogen-bond acceptors (Lipinski definition) is 5. The van der Waals surface area contributed by atoms with Gasteiger partial charge in [-0.15, -0.1) is 0 Å². The van der Waals surface area contributed by atoms with Crippen LogP contribution < -0.4 is 5.32 Å². The molecule has 5 rings (SSSR count). The summed E-state index contributed by atoms with van der Waals surface area (Å²) in [6, 6.07) is 12.4. The van der Waals surface area contributed by atoms with Crippen molar-refractivity contribution in [3.05, 3.63) is 64.9 Å². The van der Waals surface area contributed by atoms with E-state index in [-0.39, 0.29) is 36.8 Å². The van der Waals surface area contributed by atoms with E-state index in [9.17, 15) is 14.4 Å². The Bertz CT molecular complexity index is 1100. The molecule has 1 N–H and O–H groups in total. The third-order valence-electron chi connectivity index (χ3n) is 7.37. The zero-order valence-corrected chi connectivity index (χ0v) is 20.2. The second-order valence-corrected chi connectivity index (χ2v) is 9.83. The van der Waals surface area contributed by atoms with Crippen molar-refractivity contribution in [2.24, 2.45) is 5.92 Å². The van der Waals surface area contributed by atoms with E-state index in [2.05, 4.69) is 10.3 Å². The van der Waals surface area contributed by atoms with Crippen LogP contribution in [0.5, 0.6) is 0 Å². The molecular formula is C26H29ClN4O4. The molecule has 35 heavy (non-hydrogen) atoms. The maximum Gasteiger partial charge on any atom is 0.325 e. The van der Waals surface area contributed by atoms with Gasteiger partial charge in [-0.1, -0.05) is 35.9 Å². The van der Waals surface area contributed by atoms with E-state index in [1.807, 2.05) is 29.2 Å². The first-order chi connectivity index (χ1) is 17.0. The van der Waals surface area contributed by atoms with E-state index in [1.165, 1.54) is 4.90 Å². The highest BCUT2D eigenvalue weighted by molar-refractivity contribution is 6.31. The Kier molecular flexibility index (Phi) is 6.75. The number of carbonyl (C=O) groups is 3. The number of carbonyl (C=O) groups excluding carboxylic acids is 3. The summed E-state index contributed by atoms with van der Waals surface area (Å²) in [4.78, 5) is 47.5. The van der Waals surface area contributed by atoms with Crippen LogP contribution in [0.4, 0.5) is 4.79 Å². The lowest BCUT2D eigenvalue weighted by Gasteiger charge is -2.40. The molecule has 3 saturated heterocycles. The number of amides is 4. The minimum Gasteiger partial charge on any atom is -0.376 e. The summed E-state index contributed by atoms with van der Waals surface area (Å²) in [5.74, 6) is -0.463. The molecule has 9 heteroatoms. The predicted octanol–water partition coefficient (Wildman–Crippen LogP) is 3.14. The predicted molar refractivity (Wildman–Crippen MR) is 130 cm³/mol. The van der Waals surface area contributed by atoms with E-state index in [0.29, 0.717) is 43.3 Å². The lowest BCUT2D eigenvalue weighted by atomic mass is 9.75. The first-order valence-corrected chi connectivity index (χ1v) is 12.5. The minimum atomic E-state index is -1.24. The van der Waals surface area contributed by atoms with Crippen LogP contribution in [0.25, 0.3) is 0 Å². The van der Waals surface area contributed by atoms with Crippen LogP contribution in [0.1, 0.15) is 36.9 Å². The number of benzene rings is 1. The number of aromatic nitrogens is 1. The van der Waals surface area contributed by atoms with Crippen molar-refractivity contribution < 1.29 is 19.1 Å². The Morgan fingerprint density at radius 3 is 2.57 bits per heavy atom. The highest BCUT2D eigenvalue weighted by atomic mass is 35.5. The molecule has 0 unspecified atom stereocenters. The SMILES string of the molecule is O=C(Cc1ccccc1Cl)N1CCC([C@@]2(c3ccccn3)NC(=O)N(C[C@H]3CCCO3)C2=O)CC1. The molecule has 2 aromatic rings. The van der Waals surface area contributed by atoms with Gasteiger partial charge in [0.05, 0.1) is 24.8 Å². The highest BCUT2D eigenvalue weighted by Crippen LogP contribution is 2.41. The Morgan fingerprint density at radius 2 is 1.89 bits per heavy atom. The van der Waals surface area contributed by atoms with Crippen molar-refractivity contribution in [2.45, 2.75) is 43.7 Å². The highest BCUT2D eigenvalue weighted by Gasteiger charge is 2.58. The van der Waals surface area contributed by atoms with E-state index < -0.39 is 11.6 Å². The number of rotatable bonds is 6. The van der Waals surface area contributed by atoms with E-state index in [0.717, 1.165) is 18.4 Å². The molecule has 0 radical (unpaired) electrons. The van der Waals surface area contributed by atoms with Gasteiger partial charge >= 0.3 is 6.03 Å². The van der Waals surface area contributed by atoms with Gasteiger partial charge in [-0.25, -0.2) is 4.79 Å². The summed E-state index contributed by atoms with van der Waals surface area (Å²) in [5.41, 5.74) is 0.0951. The second kappa shape index (κ2) is 9.95. The van der Waals surface area contributed by atoms with Crippen LogP contribution in [0.2, 0.25) is 5.02 Å². The van der Waals surface area contributed by atoms with Crippen molar-refractivity contribution in [3.63, 3.8) is 0 Å². The molecule has 1 aromatic heterocycles. The third-order valence-corrected chi connectivity index (χ3v) is 7.74. The average Bonchev–Trinajstić information content (AvgIpc) is 3.49. The molecular weight excluding hydrogens is 468 g/mol. The fourth-order valence-electron chi connectivity index (χ4n) is 5.49. The first kappa shape index (κ1) is 23.8. The Hall–Kier alpha value is -2.97. The quantitative estimate of drug-likeness (QED) is 0.620. The summed E-state index contributed by atoms with van der Waals surface area (Å²) in [6.07, 6.45) is 4.66. The normalized spacial score (nSPS) is 25.2.